The van der Waals surface area contributed by atoms with E-state index in [4.69, 9.17) is 4.74 Å². The molecule has 2 N–H and O–H groups in total. The summed E-state index contributed by atoms with van der Waals surface area (Å²) in [5.41, 5.74) is 0.581. The Labute approximate surface area is 137 Å². The quantitative estimate of drug-likeness (QED) is 0.277. The molecule has 0 unspecified atom stereocenters. The number of carbonyl (C=O) groups is 1. The zero-order chi connectivity index (χ0) is 17.5. The van der Waals surface area contributed by atoms with E-state index in [2.05, 4.69) is 0 Å². The lowest BCUT2D eigenvalue weighted by molar-refractivity contribution is -0.386. The lowest BCUT2D eigenvalue weighted by Crippen LogP contribution is -2.04. The monoisotopic (exact) mass is 329 g/mol. The number of ether oxygens (including phenoxy) is 1. The predicted molar refractivity (Wildman–Crippen MR) is 86.6 cm³/mol. The molecular formula is C17H15NO6. The van der Waals surface area contributed by atoms with Gasteiger partial charge in [0.1, 0.15) is 0 Å². The predicted octanol–water partition coefficient (Wildman–Crippen LogP) is 2.81. The van der Waals surface area contributed by atoms with Gasteiger partial charge < -0.3 is 14.9 Å². The highest BCUT2D eigenvalue weighted by Crippen LogP contribution is 2.36. The number of rotatable bonds is 6. The van der Waals surface area contributed by atoms with Crippen molar-refractivity contribution in [3.05, 3.63) is 69.8 Å². The largest absolute Gasteiger partial charge is 0.504 e. The van der Waals surface area contributed by atoms with Gasteiger partial charge in [-0.2, -0.15) is 0 Å². The maximum Gasteiger partial charge on any atom is 0.330 e. The SMILES string of the molecule is O=C(/C=C/c1cc(O)c(O)c([N+](=O)[O-])c1)OCCc1ccccc1. The first-order valence-electron chi connectivity index (χ1n) is 7.06. The van der Waals surface area contributed by atoms with E-state index in [1.807, 2.05) is 30.3 Å². The number of esters is 1. The summed E-state index contributed by atoms with van der Waals surface area (Å²) in [5, 5.41) is 29.6. The van der Waals surface area contributed by atoms with Crippen LogP contribution in [0.4, 0.5) is 5.69 Å². The van der Waals surface area contributed by atoms with Crippen LogP contribution in [0.15, 0.2) is 48.5 Å². The van der Waals surface area contributed by atoms with Gasteiger partial charge in [-0.3, -0.25) is 10.1 Å². The maximum absolute atomic E-state index is 11.6. The second-order valence-electron chi connectivity index (χ2n) is 4.90. The molecule has 7 nitrogen and oxygen atoms in total. The van der Waals surface area contributed by atoms with E-state index in [1.165, 1.54) is 6.08 Å². The van der Waals surface area contributed by atoms with Crippen molar-refractivity contribution >= 4 is 17.7 Å². The van der Waals surface area contributed by atoms with Crippen molar-refractivity contribution in [3.63, 3.8) is 0 Å². The number of benzene rings is 2. The van der Waals surface area contributed by atoms with E-state index in [0.717, 1.165) is 23.8 Å². The van der Waals surface area contributed by atoms with Gasteiger partial charge in [-0.1, -0.05) is 30.3 Å². The molecule has 0 fully saturated rings. The molecule has 0 aliphatic rings. The third-order valence-corrected chi connectivity index (χ3v) is 3.18. The van der Waals surface area contributed by atoms with E-state index in [9.17, 15) is 25.1 Å². The molecule has 0 heterocycles. The van der Waals surface area contributed by atoms with E-state index < -0.39 is 28.1 Å². The van der Waals surface area contributed by atoms with Crippen LogP contribution >= 0.6 is 0 Å². The molecule has 0 amide bonds. The highest BCUT2D eigenvalue weighted by molar-refractivity contribution is 5.87. The number of aromatic hydroxyl groups is 2. The smallest absolute Gasteiger partial charge is 0.330 e. The van der Waals surface area contributed by atoms with Crippen molar-refractivity contribution in [1.29, 1.82) is 0 Å². The van der Waals surface area contributed by atoms with Crippen LogP contribution in [-0.4, -0.2) is 27.7 Å². The van der Waals surface area contributed by atoms with Gasteiger partial charge in [0, 0.05) is 18.6 Å². The average molecular weight is 329 g/mol. The highest BCUT2D eigenvalue weighted by atomic mass is 16.6. The van der Waals surface area contributed by atoms with Gasteiger partial charge in [0.15, 0.2) is 5.75 Å². The Balaban J connectivity index is 1.95. The molecule has 0 aliphatic carbocycles. The van der Waals surface area contributed by atoms with Crippen molar-refractivity contribution in [2.75, 3.05) is 6.61 Å². The first-order chi connectivity index (χ1) is 11.5. The second kappa shape index (κ2) is 7.77. The fourth-order valence-electron chi connectivity index (χ4n) is 1.99. The summed E-state index contributed by atoms with van der Waals surface area (Å²) >= 11 is 0. The minimum Gasteiger partial charge on any atom is -0.504 e. The average Bonchev–Trinajstić information content (AvgIpc) is 2.56. The summed E-state index contributed by atoms with van der Waals surface area (Å²) in [6.45, 7) is 0.203. The van der Waals surface area contributed by atoms with Crippen LogP contribution in [-0.2, 0) is 16.0 Å². The molecule has 0 atom stereocenters. The topological polar surface area (TPSA) is 110 Å². The molecular weight excluding hydrogens is 314 g/mol. The Morgan fingerprint density at radius 1 is 1.21 bits per heavy atom. The van der Waals surface area contributed by atoms with E-state index >= 15 is 0 Å². The summed E-state index contributed by atoms with van der Waals surface area (Å²) in [5.74, 6) is -2.06. The Kier molecular flexibility index (Phi) is 5.51. The molecule has 24 heavy (non-hydrogen) atoms. The first kappa shape index (κ1) is 17.0. The maximum atomic E-state index is 11.6. The Bertz CT molecular complexity index is 770. The van der Waals surface area contributed by atoms with E-state index in [-0.39, 0.29) is 12.2 Å². The van der Waals surface area contributed by atoms with E-state index in [0.29, 0.717) is 6.42 Å². The Hall–Kier alpha value is -3.35. The molecule has 0 saturated heterocycles. The first-order valence-corrected chi connectivity index (χ1v) is 7.06. The van der Waals surface area contributed by atoms with Crippen molar-refractivity contribution < 1.29 is 24.7 Å². The van der Waals surface area contributed by atoms with Crippen LogP contribution < -0.4 is 0 Å². The van der Waals surface area contributed by atoms with E-state index in [1.54, 1.807) is 0 Å². The van der Waals surface area contributed by atoms with Crippen LogP contribution in [0.1, 0.15) is 11.1 Å². The van der Waals surface area contributed by atoms with Crippen molar-refractivity contribution in [2.45, 2.75) is 6.42 Å². The molecule has 0 bridgehead atoms. The molecule has 0 saturated carbocycles. The van der Waals surface area contributed by atoms with Gasteiger partial charge in [0.05, 0.1) is 11.5 Å². The molecule has 2 aromatic carbocycles. The van der Waals surface area contributed by atoms with Gasteiger partial charge in [0.2, 0.25) is 5.75 Å². The van der Waals surface area contributed by atoms with Gasteiger partial charge in [-0.25, -0.2) is 4.79 Å². The molecule has 7 heteroatoms. The minimum absolute atomic E-state index is 0.192. The highest BCUT2D eigenvalue weighted by Gasteiger charge is 2.18. The number of carbonyl (C=O) groups excluding carboxylic acids is 1. The molecule has 2 rings (SSSR count). The summed E-state index contributed by atoms with van der Waals surface area (Å²) in [7, 11) is 0. The van der Waals surface area contributed by atoms with Gasteiger partial charge in [-0.05, 0) is 23.3 Å². The minimum atomic E-state index is -0.829. The molecule has 0 aromatic heterocycles. The molecule has 0 aliphatic heterocycles. The number of nitrogens with zero attached hydrogens (tertiary/aromatic N) is 1. The van der Waals surface area contributed by atoms with Crippen LogP contribution in [0.25, 0.3) is 6.08 Å². The third kappa shape index (κ3) is 4.57. The number of phenols is 2. The lowest BCUT2D eigenvalue weighted by Gasteiger charge is -2.03. The standard InChI is InChI=1S/C17H15NO6/c19-15-11-13(10-14(17(15)21)18(22)23)6-7-16(20)24-9-8-12-4-2-1-3-5-12/h1-7,10-11,19,21H,8-9H2/b7-6+. The Morgan fingerprint density at radius 2 is 1.92 bits per heavy atom. The van der Waals surface area contributed by atoms with Crippen molar-refractivity contribution in [2.24, 2.45) is 0 Å². The molecule has 0 radical (unpaired) electrons. The van der Waals surface area contributed by atoms with Crippen LogP contribution in [0.2, 0.25) is 0 Å². The molecule has 0 spiro atoms. The van der Waals surface area contributed by atoms with Gasteiger partial charge >= 0.3 is 11.7 Å². The van der Waals surface area contributed by atoms with Crippen LogP contribution in [0.5, 0.6) is 11.5 Å². The zero-order valence-electron chi connectivity index (χ0n) is 12.6. The second-order valence-corrected chi connectivity index (χ2v) is 4.90. The summed E-state index contributed by atoms with van der Waals surface area (Å²) in [6, 6.07) is 11.7. The normalized spacial score (nSPS) is 10.7. The number of nitro groups is 1. The fraction of sp³-hybridized carbons (Fsp3) is 0.118. The summed E-state index contributed by atoms with van der Waals surface area (Å²) < 4.78 is 5.03. The number of phenolic OH excluding ortho intramolecular Hbond substituents is 2. The number of nitro benzene ring substituents is 1. The van der Waals surface area contributed by atoms with Crippen molar-refractivity contribution in [3.8, 4) is 11.5 Å². The van der Waals surface area contributed by atoms with Gasteiger partial charge in [0.25, 0.3) is 0 Å². The Morgan fingerprint density at radius 3 is 2.58 bits per heavy atom. The van der Waals surface area contributed by atoms with Crippen molar-refractivity contribution in [1.82, 2.24) is 0 Å². The third-order valence-electron chi connectivity index (χ3n) is 3.18. The summed E-state index contributed by atoms with van der Waals surface area (Å²) in [6.07, 6.45) is 2.93. The molecule has 2 aromatic rings. The van der Waals surface area contributed by atoms with Crippen LogP contribution in [0.3, 0.4) is 0 Å². The van der Waals surface area contributed by atoms with Gasteiger partial charge in [-0.15, -0.1) is 0 Å². The number of hydrogen-bond donors (Lipinski definition) is 2. The zero-order valence-corrected chi connectivity index (χ0v) is 12.6. The fourth-order valence-corrected chi connectivity index (χ4v) is 1.99. The number of hydrogen-bond acceptors (Lipinski definition) is 6. The lowest BCUT2D eigenvalue weighted by atomic mass is 10.1. The summed E-state index contributed by atoms with van der Waals surface area (Å²) in [4.78, 5) is 21.6. The van der Waals surface area contributed by atoms with Crippen LogP contribution in [0, 0.1) is 10.1 Å². The molecule has 124 valence electrons.